The first-order valence-electron chi connectivity index (χ1n) is 8.50. The quantitative estimate of drug-likeness (QED) is 0.879. The van der Waals surface area contributed by atoms with Crippen molar-refractivity contribution in [1.29, 1.82) is 0 Å². The van der Waals surface area contributed by atoms with Crippen LogP contribution in [0.2, 0.25) is 0 Å². The lowest BCUT2D eigenvalue weighted by Gasteiger charge is -2.16. The van der Waals surface area contributed by atoms with Crippen molar-refractivity contribution >= 4 is 17.0 Å². The number of carbonyl (C=O) groups is 1. The molecular formula is C18H25N3O3. The van der Waals surface area contributed by atoms with E-state index in [9.17, 15) is 9.90 Å². The smallest absolute Gasteiger partial charge is 0.259 e. The highest BCUT2D eigenvalue weighted by Gasteiger charge is 2.29. The predicted octanol–water partition coefficient (Wildman–Crippen LogP) is 2.80. The lowest BCUT2D eigenvalue weighted by molar-refractivity contribution is 0.0925. The minimum atomic E-state index is -0.592. The maximum absolute atomic E-state index is 12.7. The van der Waals surface area contributed by atoms with Gasteiger partial charge >= 0.3 is 0 Å². The number of hydrogen-bond acceptors (Lipinski definition) is 5. The predicted molar refractivity (Wildman–Crippen MR) is 91.0 cm³/mol. The van der Waals surface area contributed by atoms with Gasteiger partial charge in [0.15, 0.2) is 0 Å². The highest BCUT2D eigenvalue weighted by Crippen LogP contribution is 2.40. The fourth-order valence-electron chi connectivity index (χ4n) is 2.76. The van der Waals surface area contributed by atoms with Gasteiger partial charge in [0, 0.05) is 18.2 Å². The molecule has 130 valence electrons. The Morgan fingerprint density at radius 1 is 1.46 bits per heavy atom. The van der Waals surface area contributed by atoms with Crippen LogP contribution in [0, 0.1) is 5.41 Å². The molecule has 1 amide bonds. The van der Waals surface area contributed by atoms with Crippen molar-refractivity contribution in [2.24, 2.45) is 5.41 Å². The molecule has 1 atom stereocenters. The Bertz CT molecular complexity index is 755. The van der Waals surface area contributed by atoms with Crippen LogP contribution in [-0.4, -0.2) is 33.8 Å². The molecule has 0 spiro atoms. The van der Waals surface area contributed by atoms with Gasteiger partial charge in [-0.2, -0.15) is 0 Å². The van der Waals surface area contributed by atoms with Gasteiger partial charge in [-0.3, -0.25) is 4.79 Å². The van der Waals surface area contributed by atoms with Crippen LogP contribution in [0.3, 0.4) is 0 Å². The van der Waals surface area contributed by atoms with Gasteiger partial charge in [0.1, 0.15) is 0 Å². The topological polar surface area (TPSA) is 88.2 Å². The fourth-order valence-corrected chi connectivity index (χ4v) is 2.76. The summed E-state index contributed by atoms with van der Waals surface area (Å²) in [7, 11) is 0. The molecule has 1 aliphatic carbocycles. The Labute approximate surface area is 141 Å². The van der Waals surface area contributed by atoms with Gasteiger partial charge in [0.05, 0.1) is 22.7 Å². The molecule has 1 aliphatic rings. The van der Waals surface area contributed by atoms with Crippen molar-refractivity contribution in [2.75, 3.05) is 6.54 Å². The van der Waals surface area contributed by atoms with E-state index in [1.165, 1.54) is 0 Å². The number of aromatic nitrogens is 2. The number of rotatable bonds is 5. The molecule has 1 fully saturated rings. The van der Waals surface area contributed by atoms with E-state index in [1.807, 2.05) is 6.07 Å². The Morgan fingerprint density at radius 2 is 2.17 bits per heavy atom. The van der Waals surface area contributed by atoms with Crippen molar-refractivity contribution in [1.82, 2.24) is 15.5 Å². The zero-order valence-electron chi connectivity index (χ0n) is 14.7. The largest absolute Gasteiger partial charge is 0.392 e. The van der Waals surface area contributed by atoms with Crippen molar-refractivity contribution in [2.45, 2.75) is 59.0 Å². The number of aliphatic hydroxyl groups excluding tert-OH is 1. The van der Waals surface area contributed by atoms with Crippen LogP contribution in [-0.2, 0) is 6.42 Å². The lowest BCUT2D eigenvalue weighted by Crippen LogP contribution is -2.31. The second kappa shape index (κ2) is 6.16. The van der Waals surface area contributed by atoms with E-state index in [2.05, 4.69) is 36.2 Å². The third kappa shape index (κ3) is 3.75. The minimum absolute atomic E-state index is 0.0202. The molecular weight excluding hydrogens is 306 g/mol. The number of carbonyl (C=O) groups excluding carboxylic acids is 1. The first kappa shape index (κ1) is 16.9. The molecule has 0 aromatic carbocycles. The van der Waals surface area contributed by atoms with Crippen LogP contribution in [0.5, 0.6) is 0 Å². The van der Waals surface area contributed by atoms with Gasteiger partial charge in [-0.25, -0.2) is 4.98 Å². The van der Waals surface area contributed by atoms with Crippen molar-refractivity contribution in [3.8, 4) is 0 Å². The molecule has 0 aliphatic heterocycles. The van der Waals surface area contributed by atoms with Crippen LogP contribution < -0.4 is 5.32 Å². The summed E-state index contributed by atoms with van der Waals surface area (Å²) >= 11 is 0. The standard InChI is InChI=1S/C18H25N3O3/c1-10(22)9-19-16(23)12-7-13(11-5-6-11)20-17-15(12)14(21-24-17)8-18(2,3)4/h7,10-11,22H,5-6,8-9H2,1-4H3,(H,19,23)/t10-/m0/s1. The zero-order chi connectivity index (χ0) is 17.5. The molecule has 6 nitrogen and oxygen atoms in total. The summed E-state index contributed by atoms with van der Waals surface area (Å²) < 4.78 is 5.44. The third-order valence-electron chi connectivity index (χ3n) is 4.03. The van der Waals surface area contributed by atoms with E-state index in [4.69, 9.17) is 4.52 Å². The third-order valence-corrected chi connectivity index (χ3v) is 4.03. The summed E-state index contributed by atoms with van der Waals surface area (Å²) in [5.41, 5.74) is 2.65. The number of aliphatic hydroxyl groups is 1. The number of hydrogen-bond donors (Lipinski definition) is 2. The van der Waals surface area contributed by atoms with Crippen LogP contribution >= 0.6 is 0 Å². The molecule has 2 N–H and O–H groups in total. The number of amides is 1. The van der Waals surface area contributed by atoms with Crippen molar-refractivity contribution in [3.63, 3.8) is 0 Å². The van der Waals surface area contributed by atoms with E-state index in [1.54, 1.807) is 6.92 Å². The van der Waals surface area contributed by atoms with Gasteiger partial charge in [-0.15, -0.1) is 0 Å². The fraction of sp³-hybridized carbons (Fsp3) is 0.611. The molecule has 3 rings (SSSR count). The molecule has 1 saturated carbocycles. The summed E-state index contributed by atoms with van der Waals surface area (Å²) in [5, 5.41) is 17.1. The number of nitrogens with one attached hydrogen (secondary N) is 1. The average Bonchev–Trinajstić information content (AvgIpc) is 3.26. The van der Waals surface area contributed by atoms with Gasteiger partial charge in [0.25, 0.3) is 11.6 Å². The Balaban J connectivity index is 2.04. The highest BCUT2D eigenvalue weighted by atomic mass is 16.5. The summed E-state index contributed by atoms with van der Waals surface area (Å²) in [5.74, 6) is 0.192. The van der Waals surface area contributed by atoms with E-state index in [-0.39, 0.29) is 17.9 Å². The average molecular weight is 331 g/mol. The summed E-state index contributed by atoms with van der Waals surface area (Å²) in [6, 6.07) is 1.86. The van der Waals surface area contributed by atoms with E-state index < -0.39 is 6.10 Å². The maximum Gasteiger partial charge on any atom is 0.259 e. The number of fused-ring (bicyclic) bond motifs is 1. The van der Waals surface area contributed by atoms with E-state index in [0.29, 0.717) is 29.0 Å². The SMILES string of the molecule is C[C@H](O)CNC(=O)c1cc(C2CC2)nc2onc(CC(C)(C)C)c12. The Morgan fingerprint density at radius 3 is 2.75 bits per heavy atom. The second-order valence-corrected chi connectivity index (χ2v) is 7.97. The molecule has 24 heavy (non-hydrogen) atoms. The second-order valence-electron chi connectivity index (χ2n) is 7.97. The number of nitrogens with zero attached hydrogens (tertiary/aromatic N) is 2. The number of pyridine rings is 1. The molecule has 0 unspecified atom stereocenters. The molecule has 2 heterocycles. The molecule has 6 heteroatoms. The molecule has 0 bridgehead atoms. The summed E-state index contributed by atoms with van der Waals surface area (Å²) in [6.07, 6.45) is 2.29. The summed E-state index contributed by atoms with van der Waals surface area (Å²) in [4.78, 5) is 17.2. The van der Waals surface area contributed by atoms with Crippen molar-refractivity contribution in [3.05, 3.63) is 23.0 Å². The normalized spacial score (nSPS) is 16.4. The Kier molecular flexibility index (Phi) is 4.34. The molecule has 0 radical (unpaired) electrons. The highest BCUT2D eigenvalue weighted by molar-refractivity contribution is 6.06. The van der Waals surface area contributed by atoms with Crippen LogP contribution in [0.15, 0.2) is 10.6 Å². The monoisotopic (exact) mass is 331 g/mol. The van der Waals surface area contributed by atoms with Crippen molar-refractivity contribution < 1.29 is 14.4 Å². The van der Waals surface area contributed by atoms with E-state index >= 15 is 0 Å². The Hall–Kier alpha value is -1.95. The maximum atomic E-state index is 12.7. The van der Waals surface area contributed by atoms with Gasteiger partial charge < -0.3 is 14.9 Å². The van der Waals surface area contributed by atoms with Crippen LogP contribution in [0.1, 0.15) is 68.2 Å². The first-order valence-corrected chi connectivity index (χ1v) is 8.50. The van der Waals surface area contributed by atoms with E-state index in [0.717, 1.165) is 24.2 Å². The van der Waals surface area contributed by atoms with Gasteiger partial charge in [0.2, 0.25) is 0 Å². The first-order chi connectivity index (χ1) is 11.2. The van der Waals surface area contributed by atoms with Crippen LogP contribution in [0.25, 0.3) is 11.1 Å². The zero-order valence-corrected chi connectivity index (χ0v) is 14.7. The van der Waals surface area contributed by atoms with Gasteiger partial charge in [-0.1, -0.05) is 25.9 Å². The molecule has 2 aromatic heterocycles. The van der Waals surface area contributed by atoms with Crippen LogP contribution in [0.4, 0.5) is 0 Å². The van der Waals surface area contributed by atoms with Gasteiger partial charge in [-0.05, 0) is 37.7 Å². The molecule has 0 saturated heterocycles. The lowest BCUT2D eigenvalue weighted by atomic mass is 9.89. The minimum Gasteiger partial charge on any atom is -0.392 e. The molecule has 2 aromatic rings. The summed E-state index contributed by atoms with van der Waals surface area (Å²) in [6.45, 7) is 8.20.